The molecule has 0 unspecified atom stereocenters. The smallest absolute Gasteiger partial charge is 0.249 e. The maximum Gasteiger partial charge on any atom is 0.249 e. The molecule has 1 amide bonds. The number of methoxy groups -OCH3 is 1. The van der Waals surface area contributed by atoms with Gasteiger partial charge in [0.1, 0.15) is 5.75 Å². The van der Waals surface area contributed by atoms with Gasteiger partial charge >= 0.3 is 0 Å². The van der Waals surface area contributed by atoms with Crippen LogP contribution in [-0.4, -0.2) is 13.0 Å². The lowest BCUT2D eigenvalue weighted by Gasteiger charge is -2.05. The molecule has 4 heteroatoms. The van der Waals surface area contributed by atoms with Crippen LogP contribution in [0.3, 0.4) is 0 Å². The van der Waals surface area contributed by atoms with Gasteiger partial charge < -0.3 is 10.5 Å². The van der Waals surface area contributed by atoms with Crippen LogP contribution in [0, 0.1) is 11.3 Å². The third kappa shape index (κ3) is 2.02. The number of carbonyl (C=O) groups excluding carboxylic acids is 1. The topological polar surface area (TPSA) is 76.1 Å². The Morgan fingerprint density at radius 3 is 2.86 bits per heavy atom. The predicted octanol–water partition coefficient (Wildman–Crippen LogP) is 0.860. The molecule has 0 radical (unpaired) electrons. The van der Waals surface area contributed by atoms with Gasteiger partial charge in [0.25, 0.3) is 0 Å². The molecule has 0 aromatic heterocycles. The molecule has 4 nitrogen and oxygen atoms in total. The molecule has 0 fully saturated rings. The second kappa shape index (κ2) is 4.28. The first-order chi connectivity index (χ1) is 6.69. The van der Waals surface area contributed by atoms with E-state index in [4.69, 9.17) is 15.7 Å². The number of benzene rings is 1. The zero-order valence-electron chi connectivity index (χ0n) is 7.78. The quantitative estimate of drug-likeness (QED) is 0.767. The molecule has 0 aliphatic carbocycles. The summed E-state index contributed by atoms with van der Waals surface area (Å²) in [5.74, 6) is 0.0816. The molecule has 1 aromatic rings. The highest BCUT2D eigenvalue weighted by Crippen LogP contribution is 2.17. The van der Waals surface area contributed by atoms with Gasteiger partial charge in [0, 0.05) is 5.56 Å². The Bertz CT molecular complexity index is 394. The van der Waals surface area contributed by atoms with Gasteiger partial charge in [-0.25, -0.2) is 0 Å². The Kier molecular flexibility index (Phi) is 3.08. The van der Waals surface area contributed by atoms with E-state index < -0.39 is 5.91 Å². The van der Waals surface area contributed by atoms with Crippen LogP contribution in [0.5, 0.6) is 5.75 Å². The highest BCUT2D eigenvalue weighted by atomic mass is 16.5. The van der Waals surface area contributed by atoms with Crippen LogP contribution in [0.15, 0.2) is 18.2 Å². The molecule has 0 aliphatic rings. The van der Waals surface area contributed by atoms with Gasteiger partial charge in [0.15, 0.2) is 0 Å². The van der Waals surface area contributed by atoms with Crippen molar-refractivity contribution >= 4 is 5.91 Å². The summed E-state index contributed by atoms with van der Waals surface area (Å²) in [5, 5.41) is 8.55. The predicted molar refractivity (Wildman–Crippen MR) is 50.8 cm³/mol. The lowest BCUT2D eigenvalue weighted by Crippen LogP contribution is -2.13. The van der Waals surface area contributed by atoms with Gasteiger partial charge in [-0.1, -0.05) is 0 Å². The van der Waals surface area contributed by atoms with Crippen molar-refractivity contribution in [2.45, 2.75) is 6.42 Å². The average Bonchev–Trinajstić information content (AvgIpc) is 2.17. The van der Waals surface area contributed by atoms with Gasteiger partial charge in [-0.3, -0.25) is 4.79 Å². The van der Waals surface area contributed by atoms with Crippen LogP contribution in [0.4, 0.5) is 0 Å². The summed E-state index contributed by atoms with van der Waals surface area (Å²) in [5.41, 5.74) is 6.11. The monoisotopic (exact) mass is 190 g/mol. The summed E-state index contributed by atoms with van der Waals surface area (Å²) in [4.78, 5) is 11.0. The average molecular weight is 190 g/mol. The molecule has 72 valence electrons. The van der Waals surface area contributed by atoms with Crippen molar-refractivity contribution in [2.24, 2.45) is 5.73 Å². The Labute approximate surface area is 81.9 Å². The van der Waals surface area contributed by atoms with Crippen LogP contribution < -0.4 is 10.5 Å². The van der Waals surface area contributed by atoms with Crippen molar-refractivity contribution < 1.29 is 9.53 Å². The minimum atomic E-state index is -0.530. The highest BCUT2D eigenvalue weighted by Gasteiger charge is 2.08. The summed E-state index contributed by atoms with van der Waals surface area (Å²) < 4.78 is 4.97. The molecule has 1 rings (SSSR count). The summed E-state index contributed by atoms with van der Waals surface area (Å²) in [6, 6.07) is 6.81. The fourth-order valence-electron chi connectivity index (χ4n) is 1.17. The molecule has 0 atom stereocenters. The van der Waals surface area contributed by atoms with Gasteiger partial charge in [0.2, 0.25) is 5.91 Å². The van der Waals surface area contributed by atoms with Crippen molar-refractivity contribution in [1.82, 2.24) is 0 Å². The third-order valence-electron chi connectivity index (χ3n) is 1.85. The SMILES string of the molecule is COc1ccc(C(N)=O)c(CC#N)c1. The van der Waals surface area contributed by atoms with E-state index in [1.807, 2.05) is 6.07 Å². The van der Waals surface area contributed by atoms with Crippen LogP contribution in [0.1, 0.15) is 15.9 Å². The molecule has 0 saturated carbocycles. The lowest BCUT2D eigenvalue weighted by atomic mass is 10.0. The standard InChI is InChI=1S/C10H10N2O2/c1-14-8-2-3-9(10(12)13)7(6-8)4-5-11/h2-3,6H,4H2,1H3,(H2,12,13). The van der Waals surface area contributed by atoms with E-state index in [-0.39, 0.29) is 6.42 Å². The zero-order valence-corrected chi connectivity index (χ0v) is 7.78. The number of ether oxygens (including phenoxy) is 1. The van der Waals surface area contributed by atoms with Crippen molar-refractivity contribution in [3.05, 3.63) is 29.3 Å². The van der Waals surface area contributed by atoms with Crippen LogP contribution in [0.25, 0.3) is 0 Å². The summed E-state index contributed by atoms with van der Waals surface area (Å²) >= 11 is 0. The number of primary amides is 1. The molecule has 0 aliphatic heterocycles. The second-order valence-electron chi connectivity index (χ2n) is 2.72. The van der Waals surface area contributed by atoms with Crippen molar-refractivity contribution in [3.8, 4) is 11.8 Å². The van der Waals surface area contributed by atoms with Gasteiger partial charge in [0.05, 0.1) is 19.6 Å². The third-order valence-corrected chi connectivity index (χ3v) is 1.85. The van der Waals surface area contributed by atoms with Crippen molar-refractivity contribution in [3.63, 3.8) is 0 Å². The lowest BCUT2D eigenvalue weighted by molar-refractivity contribution is 0.0999. The minimum Gasteiger partial charge on any atom is -0.497 e. The Morgan fingerprint density at radius 2 is 2.36 bits per heavy atom. The van der Waals surface area contributed by atoms with Gasteiger partial charge in [-0.15, -0.1) is 0 Å². The van der Waals surface area contributed by atoms with E-state index in [0.29, 0.717) is 16.9 Å². The molecule has 0 heterocycles. The highest BCUT2D eigenvalue weighted by molar-refractivity contribution is 5.94. The largest absolute Gasteiger partial charge is 0.497 e. The molecule has 14 heavy (non-hydrogen) atoms. The van der Waals surface area contributed by atoms with E-state index in [1.165, 1.54) is 7.11 Å². The van der Waals surface area contributed by atoms with E-state index in [1.54, 1.807) is 18.2 Å². The number of nitrogens with zero attached hydrogens (tertiary/aromatic N) is 1. The number of hydrogen-bond acceptors (Lipinski definition) is 3. The van der Waals surface area contributed by atoms with Crippen LogP contribution >= 0.6 is 0 Å². The fraction of sp³-hybridized carbons (Fsp3) is 0.200. The molecular formula is C10H10N2O2. The Morgan fingerprint density at radius 1 is 1.64 bits per heavy atom. The van der Waals surface area contributed by atoms with Crippen LogP contribution in [0.2, 0.25) is 0 Å². The summed E-state index contributed by atoms with van der Waals surface area (Å²) in [6.07, 6.45) is 0.148. The fourth-order valence-corrected chi connectivity index (χ4v) is 1.17. The molecule has 0 saturated heterocycles. The van der Waals surface area contributed by atoms with E-state index >= 15 is 0 Å². The Balaban J connectivity index is 3.18. The maximum absolute atomic E-state index is 11.0. The number of hydrogen-bond donors (Lipinski definition) is 1. The minimum absolute atomic E-state index is 0.148. The van der Waals surface area contributed by atoms with Gasteiger partial charge in [-0.2, -0.15) is 5.26 Å². The van der Waals surface area contributed by atoms with E-state index in [2.05, 4.69) is 0 Å². The molecule has 0 bridgehead atoms. The van der Waals surface area contributed by atoms with E-state index in [9.17, 15) is 4.79 Å². The second-order valence-corrected chi connectivity index (χ2v) is 2.72. The maximum atomic E-state index is 11.0. The summed E-state index contributed by atoms with van der Waals surface area (Å²) in [6.45, 7) is 0. The van der Waals surface area contributed by atoms with Crippen molar-refractivity contribution in [1.29, 1.82) is 5.26 Å². The number of carbonyl (C=O) groups is 1. The molecule has 1 aromatic carbocycles. The Hall–Kier alpha value is -2.02. The molecular weight excluding hydrogens is 180 g/mol. The summed E-state index contributed by atoms with van der Waals surface area (Å²) in [7, 11) is 1.52. The van der Waals surface area contributed by atoms with E-state index in [0.717, 1.165) is 0 Å². The number of nitriles is 1. The molecule has 0 spiro atoms. The first kappa shape index (κ1) is 10.1. The number of rotatable bonds is 3. The van der Waals surface area contributed by atoms with Crippen molar-refractivity contribution in [2.75, 3.05) is 7.11 Å². The normalized spacial score (nSPS) is 9.14. The van der Waals surface area contributed by atoms with Gasteiger partial charge in [-0.05, 0) is 23.8 Å². The zero-order chi connectivity index (χ0) is 10.6. The number of amides is 1. The first-order valence-corrected chi connectivity index (χ1v) is 4.02. The van der Waals surface area contributed by atoms with Crippen LogP contribution in [-0.2, 0) is 6.42 Å². The molecule has 2 N–H and O–H groups in total. The first-order valence-electron chi connectivity index (χ1n) is 4.02. The number of nitrogens with two attached hydrogens (primary N) is 1.